The summed E-state index contributed by atoms with van der Waals surface area (Å²) in [5, 5.41) is 0.632. The second kappa shape index (κ2) is 7.65. The van der Waals surface area contributed by atoms with E-state index in [4.69, 9.17) is 21.1 Å². The Balaban J connectivity index is 1.95. The third-order valence-electron chi connectivity index (χ3n) is 3.11. The molecular weight excluding hydrogens is 368 g/mol. The van der Waals surface area contributed by atoms with Crippen LogP contribution in [0, 0.1) is 6.92 Å². The quantitative estimate of drug-likeness (QED) is 0.541. The number of ether oxygens (including phenoxy) is 2. The fourth-order valence-electron chi connectivity index (χ4n) is 1.91. The van der Waals surface area contributed by atoms with E-state index in [9.17, 15) is 4.79 Å². The molecule has 0 N–H and O–H groups in total. The van der Waals surface area contributed by atoms with Crippen molar-refractivity contribution in [2.45, 2.75) is 20.3 Å². The summed E-state index contributed by atoms with van der Waals surface area (Å²) < 4.78 is 11.5. The van der Waals surface area contributed by atoms with Crippen LogP contribution in [-0.2, 0) is 11.2 Å². The lowest BCUT2D eigenvalue weighted by molar-refractivity contribution is -0.136. The van der Waals surface area contributed by atoms with Crippen molar-refractivity contribution in [2.75, 3.05) is 6.61 Å². The molecule has 0 fully saturated rings. The summed E-state index contributed by atoms with van der Waals surface area (Å²) in [6.07, 6.45) is 0.922. The first-order valence-electron chi connectivity index (χ1n) is 6.87. The van der Waals surface area contributed by atoms with Crippen molar-refractivity contribution in [2.24, 2.45) is 0 Å². The zero-order valence-electron chi connectivity index (χ0n) is 12.4. The molecule has 3 nitrogen and oxygen atoms in total. The topological polar surface area (TPSA) is 35.5 Å². The molecule has 0 spiro atoms. The van der Waals surface area contributed by atoms with Crippen LogP contribution in [0.3, 0.4) is 0 Å². The summed E-state index contributed by atoms with van der Waals surface area (Å²) in [7, 11) is 0. The van der Waals surface area contributed by atoms with Gasteiger partial charge >= 0.3 is 5.97 Å². The number of hydrogen-bond acceptors (Lipinski definition) is 3. The maximum absolute atomic E-state index is 11.9. The first kappa shape index (κ1) is 16.8. The van der Waals surface area contributed by atoms with E-state index in [-0.39, 0.29) is 6.61 Å². The van der Waals surface area contributed by atoms with Gasteiger partial charge in [-0.15, -0.1) is 0 Å². The third-order valence-corrected chi connectivity index (χ3v) is 3.97. The van der Waals surface area contributed by atoms with E-state index in [1.165, 1.54) is 5.56 Å². The molecule has 2 aromatic rings. The molecule has 2 rings (SSSR count). The van der Waals surface area contributed by atoms with E-state index in [1.54, 1.807) is 24.3 Å². The van der Waals surface area contributed by atoms with Crippen molar-refractivity contribution in [1.82, 2.24) is 0 Å². The number of rotatable bonds is 5. The Morgan fingerprint density at radius 3 is 2.55 bits per heavy atom. The second-order valence-electron chi connectivity index (χ2n) is 4.79. The SMILES string of the molecule is CCc1ccc(OC(=O)COc2ccc(Cl)cc2C)c(Br)c1. The summed E-state index contributed by atoms with van der Waals surface area (Å²) >= 11 is 9.28. The highest BCUT2D eigenvalue weighted by Gasteiger charge is 2.10. The van der Waals surface area contributed by atoms with Crippen molar-refractivity contribution in [3.8, 4) is 11.5 Å². The highest BCUT2D eigenvalue weighted by molar-refractivity contribution is 9.10. The predicted molar refractivity (Wildman–Crippen MR) is 90.8 cm³/mol. The maximum Gasteiger partial charge on any atom is 0.349 e. The molecule has 22 heavy (non-hydrogen) atoms. The Morgan fingerprint density at radius 1 is 1.18 bits per heavy atom. The molecule has 0 saturated heterocycles. The Morgan fingerprint density at radius 2 is 1.91 bits per heavy atom. The molecule has 0 unspecified atom stereocenters. The molecule has 0 aliphatic heterocycles. The minimum Gasteiger partial charge on any atom is -0.482 e. The minimum atomic E-state index is -0.459. The number of benzene rings is 2. The summed E-state index contributed by atoms with van der Waals surface area (Å²) in [4.78, 5) is 11.9. The molecule has 0 atom stereocenters. The van der Waals surface area contributed by atoms with E-state index < -0.39 is 5.97 Å². The fraction of sp³-hybridized carbons (Fsp3) is 0.235. The van der Waals surface area contributed by atoms with Crippen LogP contribution in [0.15, 0.2) is 40.9 Å². The molecule has 0 aromatic heterocycles. The Bertz CT molecular complexity index is 686. The van der Waals surface area contributed by atoms with Gasteiger partial charge in [-0.05, 0) is 70.7 Å². The smallest absolute Gasteiger partial charge is 0.349 e. The van der Waals surface area contributed by atoms with Gasteiger partial charge < -0.3 is 9.47 Å². The summed E-state index contributed by atoms with van der Waals surface area (Å²) in [6.45, 7) is 3.77. The Hall–Kier alpha value is -1.52. The van der Waals surface area contributed by atoms with Crippen LogP contribution in [-0.4, -0.2) is 12.6 Å². The highest BCUT2D eigenvalue weighted by atomic mass is 79.9. The molecule has 2 aromatic carbocycles. The van der Waals surface area contributed by atoms with Crippen LogP contribution >= 0.6 is 27.5 Å². The maximum atomic E-state index is 11.9. The van der Waals surface area contributed by atoms with Gasteiger partial charge in [-0.2, -0.15) is 0 Å². The van der Waals surface area contributed by atoms with E-state index in [0.29, 0.717) is 16.5 Å². The van der Waals surface area contributed by atoms with Crippen molar-refractivity contribution in [3.05, 3.63) is 57.0 Å². The lowest BCUT2D eigenvalue weighted by Crippen LogP contribution is -2.18. The average molecular weight is 384 g/mol. The number of carbonyl (C=O) groups excluding carboxylic acids is 1. The molecular formula is C17H16BrClO3. The monoisotopic (exact) mass is 382 g/mol. The molecule has 116 valence electrons. The molecule has 0 aliphatic carbocycles. The average Bonchev–Trinajstić information content (AvgIpc) is 2.48. The van der Waals surface area contributed by atoms with Gasteiger partial charge in [-0.3, -0.25) is 0 Å². The van der Waals surface area contributed by atoms with Crippen LogP contribution in [0.25, 0.3) is 0 Å². The number of esters is 1. The fourth-order valence-corrected chi connectivity index (χ4v) is 2.64. The minimum absolute atomic E-state index is 0.162. The zero-order chi connectivity index (χ0) is 16.1. The van der Waals surface area contributed by atoms with E-state index in [1.807, 2.05) is 19.1 Å². The lowest BCUT2D eigenvalue weighted by Gasteiger charge is -2.10. The second-order valence-corrected chi connectivity index (χ2v) is 6.08. The van der Waals surface area contributed by atoms with Crippen molar-refractivity contribution < 1.29 is 14.3 Å². The van der Waals surface area contributed by atoms with Crippen molar-refractivity contribution in [1.29, 1.82) is 0 Å². The molecule has 5 heteroatoms. The van der Waals surface area contributed by atoms with Gasteiger partial charge in [0.15, 0.2) is 6.61 Å². The van der Waals surface area contributed by atoms with E-state index in [2.05, 4.69) is 22.9 Å². The standard InChI is InChI=1S/C17H16BrClO3/c1-3-12-4-6-16(14(18)9-12)22-17(20)10-21-15-7-5-13(19)8-11(15)2/h4-9H,3,10H2,1-2H3. The van der Waals surface area contributed by atoms with Gasteiger partial charge in [0.05, 0.1) is 4.47 Å². The largest absolute Gasteiger partial charge is 0.482 e. The number of aryl methyl sites for hydroxylation is 2. The third kappa shape index (κ3) is 4.49. The predicted octanol–water partition coefficient (Wildman–Crippen LogP) is 4.96. The van der Waals surface area contributed by atoms with E-state index >= 15 is 0 Å². The van der Waals surface area contributed by atoms with Gasteiger partial charge in [0.1, 0.15) is 11.5 Å². The van der Waals surface area contributed by atoms with Gasteiger partial charge in [0.2, 0.25) is 0 Å². The first-order chi connectivity index (χ1) is 10.5. The summed E-state index contributed by atoms with van der Waals surface area (Å²) in [6, 6.07) is 10.9. The lowest BCUT2D eigenvalue weighted by atomic mass is 10.2. The molecule has 0 aliphatic rings. The molecule has 0 heterocycles. The molecule has 0 amide bonds. The van der Waals surface area contributed by atoms with Gasteiger partial charge in [0.25, 0.3) is 0 Å². The number of halogens is 2. The molecule has 0 bridgehead atoms. The van der Waals surface area contributed by atoms with Crippen LogP contribution in [0.4, 0.5) is 0 Å². The summed E-state index contributed by atoms with van der Waals surface area (Å²) in [5.74, 6) is 0.639. The van der Waals surface area contributed by atoms with Crippen LogP contribution in [0.5, 0.6) is 11.5 Å². The first-order valence-corrected chi connectivity index (χ1v) is 8.04. The zero-order valence-corrected chi connectivity index (χ0v) is 14.7. The van der Waals surface area contributed by atoms with Gasteiger partial charge in [0, 0.05) is 5.02 Å². The molecule has 0 saturated carbocycles. The molecule has 0 radical (unpaired) electrons. The van der Waals surface area contributed by atoms with Crippen LogP contribution < -0.4 is 9.47 Å². The Labute approximate surface area is 143 Å². The Kier molecular flexibility index (Phi) is 5.86. The van der Waals surface area contributed by atoms with Crippen LogP contribution in [0.1, 0.15) is 18.1 Å². The van der Waals surface area contributed by atoms with Gasteiger partial charge in [-0.25, -0.2) is 4.79 Å². The number of hydrogen-bond donors (Lipinski definition) is 0. The normalized spacial score (nSPS) is 10.4. The van der Waals surface area contributed by atoms with Crippen molar-refractivity contribution >= 4 is 33.5 Å². The number of carbonyl (C=O) groups is 1. The van der Waals surface area contributed by atoms with E-state index in [0.717, 1.165) is 16.5 Å². The van der Waals surface area contributed by atoms with Crippen molar-refractivity contribution in [3.63, 3.8) is 0 Å². The van der Waals surface area contributed by atoms with Gasteiger partial charge in [-0.1, -0.05) is 24.6 Å². The van der Waals surface area contributed by atoms with Crippen LogP contribution in [0.2, 0.25) is 5.02 Å². The summed E-state index contributed by atoms with van der Waals surface area (Å²) in [5.41, 5.74) is 2.04. The highest BCUT2D eigenvalue weighted by Crippen LogP contribution is 2.26.